The van der Waals surface area contributed by atoms with Crippen LogP contribution in [0.5, 0.6) is 0 Å². The molecule has 26 heavy (non-hydrogen) atoms. The number of benzene rings is 1. The smallest absolute Gasteiger partial charge is 0.310 e. The quantitative estimate of drug-likeness (QED) is 0.837. The van der Waals surface area contributed by atoms with Crippen LogP contribution in [0.3, 0.4) is 0 Å². The first-order valence-electron chi connectivity index (χ1n) is 8.87. The van der Waals surface area contributed by atoms with Gasteiger partial charge in [-0.3, -0.25) is 20.0 Å². The van der Waals surface area contributed by atoms with Crippen molar-refractivity contribution in [3.8, 4) is 0 Å². The summed E-state index contributed by atoms with van der Waals surface area (Å²) >= 11 is 0. The van der Waals surface area contributed by atoms with Gasteiger partial charge in [-0.1, -0.05) is 30.3 Å². The van der Waals surface area contributed by atoms with E-state index in [-0.39, 0.29) is 30.4 Å². The third-order valence-corrected chi connectivity index (χ3v) is 5.34. The van der Waals surface area contributed by atoms with Gasteiger partial charge in [-0.15, -0.1) is 0 Å². The van der Waals surface area contributed by atoms with Crippen LogP contribution >= 0.6 is 0 Å². The fourth-order valence-corrected chi connectivity index (χ4v) is 3.91. The second-order valence-corrected chi connectivity index (χ2v) is 7.28. The van der Waals surface area contributed by atoms with Crippen LogP contribution in [-0.4, -0.2) is 82.5 Å². The molecule has 3 atom stereocenters. The fourth-order valence-electron chi connectivity index (χ4n) is 3.91. The molecule has 138 valence electrons. The Hall–Kier alpha value is -2.45. The van der Waals surface area contributed by atoms with Gasteiger partial charge in [0.15, 0.2) is 6.29 Å². The molecule has 4 rings (SSSR count). The van der Waals surface area contributed by atoms with Crippen molar-refractivity contribution in [2.75, 3.05) is 20.6 Å². The number of carbonyl (C=O) groups is 2. The molecule has 1 N–H and O–H groups in total. The molecule has 0 radical (unpaired) electrons. The van der Waals surface area contributed by atoms with Gasteiger partial charge in [0.1, 0.15) is 12.2 Å². The number of nitrogens with one attached hydrogen (secondary N) is 1. The predicted octanol–water partition coefficient (Wildman–Crippen LogP) is 0.522. The standard InChI is InChI=1S/C18H24N6O2/c1-11(2)24-17-19-15-14(16(25)22(4)18(26)21(15)3)23(17)10-13(20-24)12-8-6-5-7-9-12/h5-9,11,14-15,17,19H,10H2,1-4H3. The van der Waals surface area contributed by atoms with Gasteiger partial charge < -0.3 is 4.90 Å². The van der Waals surface area contributed by atoms with Gasteiger partial charge in [-0.05, 0) is 19.4 Å². The Morgan fingerprint density at radius 1 is 1.15 bits per heavy atom. The van der Waals surface area contributed by atoms with E-state index in [4.69, 9.17) is 5.10 Å². The van der Waals surface area contributed by atoms with Crippen molar-refractivity contribution in [1.82, 2.24) is 25.0 Å². The second kappa shape index (κ2) is 6.07. The zero-order valence-electron chi connectivity index (χ0n) is 15.5. The summed E-state index contributed by atoms with van der Waals surface area (Å²) in [5, 5.41) is 10.3. The highest BCUT2D eigenvalue weighted by molar-refractivity contribution is 6.04. The first-order valence-corrected chi connectivity index (χ1v) is 8.87. The number of hydrogen-bond donors (Lipinski definition) is 1. The van der Waals surface area contributed by atoms with Crippen LogP contribution in [0.25, 0.3) is 0 Å². The average molecular weight is 356 g/mol. The number of hydrogen-bond acceptors (Lipinski definition) is 6. The van der Waals surface area contributed by atoms with E-state index in [0.29, 0.717) is 6.54 Å². The van der Waals surface area contributed by atoms with Gasteiger partial charge in [0, 0.05) is 26.7 Å². The minimum atomic E-state index is -0.428. The molecule has 8 heteroatoms. The summed E-state index contributed by atoms with van der Waals surface area (Å²) in [6.07, 6.45) is -0.578. The van der Waals surface area contributed by atoms with Gasteiger partial charge in [0.2, 0.25) is 0 Å². The number of urea groups is 1. The SMILES string of the molecule is CC(C)N1N=C(c2ccccc2)CN2C3C(=O)N(C)C(=O)N(C)C3NC21. The molecule has 0 bridgehead atoms. The molecule has 0 aliphatic carbocycles. The van der Waals surface area contributed by atoms with Crippen molar-refractivity contribution in [1.29, 1.82) is 0 Å². The number of fused-ring (bicyclic) bond motifs is 3. The molecule has 0 spiro atoms. The van der Waals surface area contributed by atoms with Crippen molar-refractivity contribution < 1.29 is 9.59 Å². The summed E-state index contributed by atoms with van der Waals surface area (Å²) < 4.78 is 0. The van der Waals surface area contributed by atoms with Gasteiger partial charge in [-0.25, -0.2) is 9.69 Å². The minimum absolute atomic E-state index is 0.142. The lowest BCUT2D eigenvalue weighted by Crippen LogP contribution is -2.65. The molecule has 3 unspecified atom stereocenters. The molecule has 2 saturated heterocycles. The van der Waals surface area contributed by atoms with Crippen molar-refractivity contribution in [3.05, 3.63) is 35.9 Å². The van der Waals surface area contributed by atoms with E-state index in [2.05, 4.69) is 24.1 Å². The number of likely N-dealkylation sites (N-methyl/N-ethyl adjacent to an activating group) is 2. The van der Waals surface area contributed by atoms with Crippen LogP contribution in [0, 0.1) is 0 Å². The van der Waals surface area contributed by atoms with Gasteiger partial charge >= 0.3 is 6.03 Å². The summed E-state index contributed by atoms with van der Waals surface area (Å²) in [5.41, 5.74) is 1.97. The third-order valence-electron chi connectivity index (χ3n) is 5.34. The van der Waals surface area contributed by atoms with Crippen LogP contribution in [0.4, 0.5) is 4.79 Å². The van der Waals surface area contributed by atoms with Gasteiger partial charge in [-0.2, -0.15) is 5.10 Å². The second-order valence-electron chi connectivity index (χ2n) is 7.28. The number of rotatable bonds is 2. The van der Waals surface area contributed by atoms with Crippen LogP contribution in [0.2, 0.25) is 0 Å². The summed E-state index contributed by atoms with van der Waals surface area (Å²) in [4.78, 5) is 30.1. The molecular formula is C18H24N6O2. The number of amides is 3. The molecular weight excluding hydrogens is 332 g/mol. The Bertz CT molecular complexity index is 764. The Morgan fingerprint density at radius 2 is 1.85 bits per heavy atom. The third kappa shape index (κ3) is 2.40. The summed E-state index contributed by atoms with van der Waals surface area (Å²) in [6, 6.07) is 9.44. The molecule has 1 aromatic carbocycles. The largest absolute Gasteiger partial charge is 0.327 e. The minimum Gasteiger partial charge on any atom is -0.310 e. The van der Waals surface area contributed by atoms with Crippen LogP contribution in [-0.2, 0) is 4.79 Å². The zero-order valence-corrected chi connectivity index (χ0v) is 15.5. The van der Waals surface area contributed by atoms with E-state index in [9.17, 15) is 9.59 Å². The molecule has 3 aliphatic rings. The maximum Gasteiger partial charge on any atom is 0.327 e. The van der Waals surface area contributed by atoms with E-state index in [1.54, 1.807) is 19.0 Å². The predicted molar refractivity (Wildman–Crippen MR) is 97.1 cm³/mol. The van der Waals surface area contributed by atoms with E-state index < -0.39 is 6.04 Å². The summed E-state index contributed by atoms with van der Waals surface area (Å²) in [7, 11) is 3.27. The number of hydrazone groups is 1. The van der Waals surface area contributed by atoms with Crippen molar-refractivity contribution in [2.45, 2.75) is 38.4 Å². The Balaban J connectivity index is 1.73. The first kappa shape index (κ1) is 17.0. The van der Waals surface area contributed by atoms with Gasteiger partial charge in [0.25, 0.3) is 5.91 Å². The van der Waals surface area contributed by atoms with Crippen molar-refractivity contribution in [3.63, 3.8) is 0 Å². The van der Waals surface area contributed by atoms with Crippen LogP contribution in [0.15, 0.2) is 35.4 Å². The average Bonchev–Trinajstić information content (AvgIpc) is 3.04. The van der Waals surface area contributed by atoms with Crippen LogP contribution in [0.1, 0.15) is 19.4 Å². The highest BCUT2D eigenvalue weighted by Crippen LogP contribution is 2.31. The zero-order chi connectivity index (χ0) is 18.6. The highest BCUT2D eigenvalue weighted by Gasteiger charge is 2.56. The van der Waals surface area contributed by atoms with Crippen molar-refractivity contribution in [2.24, 2.45) is 5.10 Å². The topological polar surface area (TPSA) is 71.5 Å². The molecule has 1 aromatic rings. The highest BCUT2D eigenvalue weighted by atomic mass is 16.2. The molecule has 3 heterocycles. The van der Waals surface area contributed by atoms with E-state index in [1.165, 1.54) is 4.90 Å². The molecule has 0 aromatic heterocycles. The number of nitrogens with zero attached hydrogens (tertiary/aromatic N) is 5. The Labute approximate surface area is 153 Å². The number of carbonyl (C=O) groups excluding carboxylic acids is 2. The fraction of sp³-hybridized carbons (Fsp3) is 0.500. The lowest BCUT2D eigenvalue weighted by Gasteiger charge is -2.42. The Morgan fingerprint density at radius 3 is 2.50 bits per heavy atom. The summed E-state index contributed by atoms with van der Waals surface area (Å²) in [6.45, 7) is 4.69. The van der Waals surface area contributed by atoms with Crippen LogP contribution < -0.4 is 5.32 Å². The Kier molecular flexibility index (Phi) is 3.96. The maximum atomic E-state index is 12.9. The molecule has 8 nitrogen and oxygen atoms in total. The summed E-state index contributed by atoms with van der Waals surface area (Å²) in [5.74, 6) is -0.175. The number of imide groups is 1. The van der Waals surface area contributed by atoms with E-state index in [0.717, 1.165) is 11.3 Å². The van der Waals surface area contributed by atoms with E-state index >= 15 is 0 Å². The van der Waals surface area contributed by atoms with Crippen molar-refractivity contribution >= 4 is 17.6 Å². The lowest BCUT2D eigenvalue weighted by atomic mass is 10.1. The first-order chi connectivity index (χ1) is 12.4. The molecule has 3 amide bonds. The normalized spacial score (nSPS) is 29.2. The molecule has 0 saturated carbocycles. The molecule has 3 aliphatic heterocycles. The lowest BCUT2D eigenvalue weighted by molar-refractivity contribution is -0.137. The van der Waals surface area contributed by atoms with E-state index in [1.807, 2.05) is 35.3 Å². The maximum absolute atomic E-state index is 12.9. The monoisotopic (exact) mass is 356 g/mol. The van der Waals surface area contributed by atoms with Gasteiger partial charge in [0.05, 0.1) is 5.71 Å². The molecule has 2 fully saturated rings.